The Labute approximate surface area is 105 Å². The summed E-state index contributed by atoms with van der Waals surface area (Å²) in [5.41, 5.74) is 6.92. The molecule has 0 aromatic heterocycles. The lowest BCUT2D eigenvalue weighted by Crippen LogP contribution is -2.33. The first kappa shape index (κ1) is 14.2. The SMILES string of the molecule is COC(C)CN(CCCN)Cc1ccccc1. The van der Waals surface area contributed by atoms with E-state index in [1.165, 1.54) is 5.56 Å². The molecule has 0 spiro atoms. The molecule has 2 N–H and O–H groups in total. The van der Waals surface area contributed by atoms with Gasteiger partial charge in [0.2, 0.25) is 0 Å². The van der Waals surface area contributed by atoms with E-state index >= 15 is 0 Å². The van der Waals surface area contributed by atoms with Gasteiger partial charge in [0.15, 0.2) is 0 Å². The molecule has 0 saturated heterocycles. The van der Waals surface area contributed by atoms with E-state index in [2.05, 4.69) is 36.1 Å². The van der Waals surface area contributed by atoms with Crippen molar-refractivity contribution in [3.05, 3.63) is 35.9 Å². The highest BCUT2D eigenvalue weighted by atomic mass is 16.5. The average Bonchev–Trinajstić information content (AvgIpc) is 2.37. The highest BCUT2D eigenvalue weighted by Crippen LogP contribution is 2.06. The molecule has 17 heavy (non-hydrogen) atoms. The quantitative estimate of drug-likeness (QED) is 0.749. The zero-order valence-corrected chi connectivity index (χ0v) is 10.9. The predicted molar refractivity (Wildman–Crippen MR) is 71.9 cm³/mol. The number of hydrogen-bond donors (Lipinski definition) is 1. The summed E-state index contributed by atoms with van der Waals surface area (Å²) in [5, 5.41) is 0. The van der Waals surface area contributed by atoms with Crippen molar-refractivity contribution in [2.24, 2.45) is 5.73 Å². The van der Waals surface area contributed by atoms with Crippen LogP contribution in [0.4, 0.5) is 0 Å². The summed E-state index contributed by atoms with van der Waals surface area (Å²) in [6.45, 7) is 5.78. The summed E-state index contributed by atoms with van der Waals surface area (Å²) in [7, 11) is 1.76. The van der Waals surface area contributed by atoms with Crippen molar-refractivity contribution in [2.45, 2.75) is 26.0 Å². The molecular weight excluding hydrogens is 212 g/mol. The molecule has 0 aliphatic heterocycles. The lowest BCUT2D eigenvalue weighted by molar-refractivity contribution is 0.0740. The number of hydrogen-bond acceptors (Lipinski definition) is 3. The highest BCUT2D eigenvalue weighted by molar-refractivity contribution is 5.14. The maximum absolute atomic E-state index is 5.58. The molecule has 1 rings (SSSR count). The van der Waals surface area contributed by atoms with Gasteiger partial charge in [-0.15, -0.1) is 0 Å². The number of nitrogens with zero attached hydrogens (tertiary/aromatic N) is 1. The molecule has 3 heteroatoms. The topological polar surface area (TPSA) is 38.5 Å². The van der Waals surface area contributed by atoms with Crippen molar-refractivity contribution in [1.82, 2.24) is 4.90 Å². The van der Waals surface area contributed by atoms with Crippen molar-refractivity contribution in [3.63, 3.8) is 0 Å². The van der Waals surface area contributed by atoms with Crippen LogP contribution < -0.4 is 5.73 Å². The lowest BCUT2D eigenvalue weighted by Gasteiger charge is -2.25. The Balaban J connectivity index is 2.50. The first-order valence-corrected chi connectivity index (χ1v) is 6.25. The Bertz CT molecular complexity index is 290. The number of ether oxygens (including phenoxy) is 1. The van der Waals surface area contributed by atoms with Gasteiger partial charge in [-0.2, -0.15) is 0 Å². The van der Waals surface area contributed by atoms with E-state index in [0.29, 0.717) is 0 Å². The fraction of sp³-hybridized carbons (Fsp3) is 0.571. The third-order valence-corrected chi connectivity index (χ3v) is 2.85. The minimum atomic E-state index is 0.261. The molecule has 0 aliphatic carbocycles. The second-order valence-corrected chi connectivity index (χ2v) is 4.41. The fourth-order valence-electron chi connectivity index (χ4n) is 1.83. The van der Waals surface area contributed by atoms with Crippen LogP contribution in [-0.2, 0) is 11.3 Å². The van der Waals surface area contributed by atoms with Crippen molar-refractivity contribution in [3.8, 4) is 0 Å². The van der Waals surface area contributed by atoms with Crippen LogP contribution >= 0.6 is 0 Å². The van der Waals surface area contributed by atoms with E-state index < -0.39 is 0 Å². The van der Waals surface area contributed by atoms with Crippen LogP contribution in [0.3, 0.4) is 0 Å². The standard InChI is InChI=1S/C14H24N2O/c1-13(17-2)11-16(10-6-9-15)12-14-7-4-3-5-8-14/h3-5,7-8,13H,6,9-12,15H2,1-2H3. The molecule has 1 aromatic carbocycles. The summed E-state index contributed by atoms with van der Waals surface area (Å²) in [5.74, 6) is 0. The van der Waals surface area contributed by atoms with Gasteiger partial charge in [0.05, 0.1) is 6.10 Å². The van der Waals surface area contributed by atoms with Crippen molar-refractivity contribution in [2.75, 3.05) is 26.7 Å². The largest absolute Gasteiger partial charge is 0.380 e. The zero-order chi connectivity index (χ0) is 12.5. The normalized spacial score (nSPS) is 12.9. The van der Waals surface area contributed by atoms with Gasteiger partial charge < -0.3 is 10.5 Å². The summed E-state index contributed by atoms with van der Waals surface area (Å²) >= 11 is 0. The summed E-state index contributed by atoms with van der Waals surface area (Å²) < 4.78 is 5.33. The maximum atomic E-state index is 5.58. The molecule has 3 nitrogen and oxygen atoms in total. The molecule has 0 fully saturated rings. The summed E-state index contributed by atoms with van der Waals surface area (Å²) in [6.07, 6.45) is 1.29. The van der Waals surface area contributed by atoms with Gasteiger partial charge >= 0.3 is 0 Å². The second-order valence-electron chi connectivity index (χ2n) is 4.41. The molecular formula is C14H24N2O. The van der Waals surface area contributed by atoms with Crippen LogP contribution in [0.2, 0.25) is 0 Å². The maximum Gasteiger partial charge on any atom is 0.0670 e. The zero-order valence-electron chi connectivity index (χ0n) is 10.9. The third-order valence-electron chi connectivity index (χ3n) is 2.85. The van der Waals surface area contributed by atoms with Gasteiger partial charge in [0.25, 0.3) is 0 Å². The predicted octanol–water partition coefficient (Wildman–Crippen LogP) is 1.87. The van der Waals surface area contributed by atoms with Crippen LogP contribution in [0.1, 0.15) is 18.9 Å². The molecule has 1 unspecified atom stereocenters. The van der Waals surface area contributed by atoms with Gasteiger partial charge in [-0.1, -0.05) is 30.3 Å². The molecule has 96 valence electrons. The van der Waals surface area contributed by atoms with Crippen molar-refractivity contribution in [1.29, 1.82) is 0 Å². The van der Waals surface area contributed by atoms with Crippen LogP contribution in [0.25, 0.3) is 0 Å². The first-order valence-electron chi connectivity index (χ1n) is 6.25. The van der Waals surface area contributed by atoms with Gasteiger partial charge in [-0.3, -0.25) is 4.90 Å². The first-order chi connectivity index (χ1) is 8.26. The Morgan fingerprint density at radius 3 is 2.59 bits per heavy atom. The van der Waals surface area contributed by atoms with E-state index in [1.54, 1.807) is 7.11 Å². The van der Waals surface area contributed by atoms with E-state index in [0.717, 1.165) is 32.6 Å². The smallest absolute Gasteiger partial charge is 0.0670 e. The van der Waals surface area contributed by atoms with E-state index in [-0.39, 0.29) is 6.10 Å². The van der Waals surface area contributed by atoms with E-state index in [4.69, 9.17) is 10.5 Å². The Hall–Kier alpha value is -0.900. The number of rotatable bonds is 8. The molecule has 0 bridgehead atoms. The average molecular weight is 236 g/mol. The third kappa shape index (κ3) is 5.82. The molecule has 0 radical (unpaired) electrons. The second kappa shape index (κ2) is 8.23. The van der Waals surface area contributed by atoms with E-state index in [1.807, 2.05) is 6.07 Å². The molecule has 0 heterocycles. The minimum Gasteiger partial charge on any atom is -0.380 e. The van der Waals surface area contributed by atoms with E-state index in [9.17, 15) is 0 Å². The Kier molecular flexibility index (Phi) is 6.86. The molecule has 1 atom stereocenters. The van der Waals surface area contributed by atoms with Gasteiger partial charge in [0, 0.05) is 20.2 Å². The molecule has 0 aliphatic rings. The van der Waals surface area contributed by atoms with Crippen molar-refractivity contribution < 1.29 is 4.74 Å². The molecule has 0 saturated carbocycles. The number of benzene rings is 1. The number of methoxy groups -OCH3 is 1. The van der Waals surface area contributed by atoms with Crippen LogP contribution in [0, 0.1) is 0 Å². The van der Waals surface area contributed by atoms with Gasteiger partial charge in [-0.25, -0.2) is 0 Å². The highest BCUT2D eigenvalue weighted by Gasteiger charge is 2.09. The van der Waals surface area contributed by atoms with Gasteiger partial charge in [-0.05, 0) is 32.0 Å². The monoisotopic (exact) mass is 236 g/mol. The molecule has 1 aromatic rings. The van der Waals surface area contributed by atoms with Crippen LogP contribution in [-0.4, -0.2) is 37.7 Å². The minimum absolute atomic E-state index is 0.261. The number of nitrogens with two attached hydrogens (primary N) is 1. The van der Waals surface area contributed by atoms with Crippen molar-refractivity contribution >= 4 is 0 Å². The summed E-state index contributed by atoms with van der Waals surface area (Å²) in [6, 6.07) is 10.5. The Morgan fingerprint density at radius 1 is 1.29 bits per heavy atom. The Morgan fingerprint density at radius 2 is 2.00 bits per heavy atom. The molecule has 0 amide bonds. The fourth-order valence-corrected chi connectivity index (χ4v) is 1.83. The lowest BCUT2D eigenvalue weighted by atomic mass is 10.2. The van der Waals surface area contributed by atoms with Crippen LogP contribution in [0.5, 0.6) is 0 Å². The van der Waals surface area contributed by atoms with Gasteiger partial charge in [0.1, 0.15) is 0 Å². The summed E-state index contributed by atoms with van der Waals surface area (Å²) in [4.78, 5) is 2.40. The van der Waals surface area contributed by atoms with Crippen LogP contribution in [0.15, 0.2) is 30.3 Å².